The number of unbranched alkanes of at least 4 members (excludes halogenated alkanes) is 4. The van der Waals surface area contributed by atoms with Crippen LogP contribution in [-0.4, -0.2) is 5.78 Å². The lowest BCUT2D eigenvalue weighted by Crippen LogP contribution is -2.10. The smallest absolute Gasteiger partial charge is 0.154 e. The van der Waals surface area contributed by atoms with Gasteiger partial charge in [-0.2, -0.15) is 5.26 Å². The van der Waals surface area contributed by atoms with Crippen LogP contribution < -0.4 is 0 Å². The van der Waals surface area contributed by atoms with Crippen LogP contribution >= 0.6 is 15.9 Å². The maximum atomic E-state index is 12.1. The van der Waals surface area contributed by atoms with Gasteiger partial charge in [0.2, 0.25) is 0 Å². The summed E-state index contributed by atoms with van der Waals surface area (Å²) in [5, 5.41) is 9.20. The molecule has 102 valence electrons. The van der Waals surface area contributed by atoms with E-state index in [-0.39, 0.29) is 5.78 Å². The summed E-state index contributed by atoms with van der Waals surface area (Å²) in [7, 11) is 0. The normalized spacial score (nSPS) is 11.8. The van der Waals surface area contributed by atoms with Crippen LogP contribution in [0.15, 0.2) is 28.7 Å². The number of nitrogens with zero attached hydrogens (tertiary/aromatic N) is 1. The van der Waals surface area contributed by atoms with Crippen molar-refractivity contribution in [2.45, 2.75) is 51.4 Å². The molecular weight excluding hydrogens is 302 g/mol. The Hall–Kier alpha value is -1.14. The summed E-state index contributed by atoms with van der Waals surface area (Å²) in [6.07, 6.45) is 6.09. The van der Waals surface area contributed by atoms with Crippen LogP contribution in [0.25, 0.3) is 0 Å². The standard InChI is InChI=1S/C16H20BrNO/c1-2-3-4-5-6-10-16(19)15(12-18)13-8-7-9-14(17)11-13/h7-9,11,15H,2-6,10H2,1H3. The van der Waals surface area contributed by atoms with Crippen molar-refractivity contribution in [3.05, 3.63) is 34.3 Å². The Morgan fingerprint density at radius 3 is 2.68 bits per heavy atom. The van der Waals surface area contributed by atoms with Gasteiger partial charge in [0.25, 0.3) is 0 Å². The van der Waals surface area contributed by atoms with Crippen molar-refractivity contribution in [1.29, 1.82) is 5.26 Å². The number of hydrogen-bond acceptors (Lipinski definition) is 2. The Kier molecular flexibility index (Phi) is 7.43. The van der Waals surface area contributed by atoms with Gasteiger partial charge >= 0.3 is 0 Å². The van der Waals surface area contributed by atoms with Crippen LogP contribution in [-0.2, 0) is 4.79 Å². The fourth-order valence-corrected chi connectivity index (χ4v) is 2.48. The molecule has 1 aromatic rings. The Morgan fingerprint density at radius 2 is 2.05 bits per heavy atom. The molecule has 0 N–H and O–H groups in total. The lowest BCUT2D eigenvalue weighted by molar-refractivity contribution is -0.119. The van der Waals surface area contributed by atoms with Gasteiger partial charge in [-0.1, -0.05) is 60.7 Å². The molecule has 1 rings (SSSR count). The van der Waals surface area contributed by atoms with Crippen LogP contribution in [0, 0.1) is 11.3 Å². The minimum absolute atomic E-state index is 0.0390. The Bertz CT molecular complexity index is 450. The second kappa shape index (κ2) is 8.87. The number of halogens is 1. The first-order valence-corrected chi connectivity index (χ1v) is 7.66. The van der Waals surface area contributed by atoms with Gasteiger partial charge in [0.05, 0.1) is 6.07 Å². The zero-order valence-electron chi connectivity index (χ0n) is 11.4. The summed E-state index contributed by atoms with van der Waals surface area (Å²) < 4.78 is 0.904. The Labute approximate surface area is 124 Å². The first-order chi connectivity index (χ1) is 9.19. The number of hydrogen-bond donors (Lipinski definition) is 0. The van der Waals surface area contributed by atoms with Crippen LogP contribution in [0.2, 0.25) is 0 Å². The lowest BCUT2D eigenvalue weighted by atomic mass is 9.93. The number of rotatable bonds is 8. The van der Waals surface area contributed by atoms with Gasteiger partial charge in [0.15, 0.2) is 5.78 Å². The number of nitriles is 1. The largest absolute Gasteiger partial charge is 0.298 e. The minimum Gasteiger partial charge on any atom is -0.298 e. The number of carbonyl (C=O) groups is 1. The van der Waals surface area contributed by atoms with Crippen molar-refractivity contribution in [3.63, 3.8) is 0 Å². The van der Waals surface area contributed by atoms with E-state index in [1.165, 1.54) is 19.3 Å². The second-order valence-corrected chi connectivity index (χ2v) is 5.66. The Balaban J connectivity index is 2.51. The molecule has 1 atom stereocenters. The topological polar surface area (TPSA) is 40.9 Å². The molecule has 3 heteroatoms. The molecule has 0 saturated heterocycles. The summed E-state index contributed by atoms with van der Waals surface area (Å²) in [5.74, 6) is -0.583. The highest BCUT2D eigenvalue weighted by Gasteiger charge is 2.19. The Morgan fingerprint density at radius 1 is 1.32 bits per heavy atom. The third-order valence-corrected chi connectivity index (χ3v) is 3.65. The quantitative estimate of drug-likeness (QED) is 0.633. The van der Waals surface area contributed by atoms with Gasteiger partial charge in [-0.15, -0.1) is 0 Å². The molecular formula is C16H20BrNO. The summed E-state index contributed by atoms with van der Waals surface area (Å²) in [6, 6.07) is 9.57. The zero-order valence-corrected chi connectivity index (χ0v) is 12.9. The number of Topliss-reactive ketones (excluding diaryl/α,β-unsaturated/α-hetero) is 1. The van der Waals surface area contributed by atoms with Gasteiger partial charge in [-0.25, -0.2) is 0 Å². The molecule has 0 bridgehead atoms. The molecule has 1 unspecified atom stereocenters. The lowest BCUT2D eigenvalue weighted by Gasteiger charge is -2.09. The molecule has 0 spiro atoms. The average Bonchev–Trinajstić information content (AvgIpc) is 2.39. The van der Waals surface area contributed by atoms with E-state index >= 15 is 0 Å². The van der Waals surface area contributed by atoms with Crippen molar-refractivity contribution in [1.82, 2.24) is 0 Å². The van der Waals surface area contributed by atoms with E-state index in [1.54, 1.807) is 0 Å². The molecule has 0 fully saturated rings. The molecule has 0 aliphatic heterocycles. The van der Waals surface area contributed by atoms with Crippen LogP contribution in [0.3, 0.4) is 0 Å². The molecule has 0 amide bonds. The van der Waals surface area contributed by atoms with E-state index in [0.29, 0.717) is 6.42 Å². The second-order valence-electron chi connectivity index (χ2n) is 4.75. The summed E-state index contributed by atoms with van der Waals surface area (Å²) in [6.45, 7) is 2.17. The molecule has 0 saturated carbocycles. The SMILES string of the molecule is CCCCCCCC(=O)C(C#N)c1cccc(Br)c1. The van der Waals surface area contributed by atoms with Crippen LogP contribution in [0.1, 0.15) is 56.9 Å². The van der Waals surface area contributed by atoms with E-state index < -0.39 is 5.92 Å². The zero-order chi connectivity index (χ0) is 14.1. The van der Waals surface area contributed by atoms with E-state index in [1.807, 2.05) is 24.3 Å². The number of carbonyl (C=O) groups excluding carboxylic acids is 1. The highest BCUT2D eigenvalue weighted by atomic mass is 79.9. The molecule has 0 aromatic heterocycles. The first kappa shape index (κ1) is 15.9. The van der Waals surface area contributed by atoms with Gasteiger partial charge in [0, 0.05) is 10.9 Å². The third kappa shape index (κ3) is 5.57. The van der Waals surface area contributed by atoms with Crippen molar-refractivity contribution in [2.75, 3.05) is 0 Å². The predicted octanol–water partition coefficient (Wildman–Crippen LogP) is 4.99. The van der Waals surface area contributed by atoms with E-state index in [2.05, 4.69) is 28.9 Å². The third-order valence-electron chi connectivity index (χ3n) is 3.16. The van der Waals surface area contributed by atoms with Crippen molar-refractivity contribution >= 4 is 21.7 Å². The van der Waals surface area contributed by atoms with Crippen LogP contribution in [0.5, 0.6) is 0 Å². The van der Waals surface area contributed by atoms with Crippen molar-refractivity contribution in [2.24, 2.45) is 0 Å². The van der Waals surface area contributed by atoms with E-state index in [9.17, 15) is 10.1 Å². The van der Waals surface area contributed by atoms with E-state index in [4.69, 9.17) is 0 Å². The first-order valence-electron chi connectivity index (χ1n) is 6.86. The van der Waals surface area contributed by atoms with E-state index in [0.717, 1.165) is 22.9 Å². The highest BCUT2D eigenvalue weighted by Crippen LogP contribution is 2.22. The molecule has 19 heavy (non-hydrogen) atoms. The molecule has 1 aromatic carbocycles. The van der Waals surface area contributed by atoms with Crippen LogP contribution in [0.4, 0.5) is 0 Å². The van der Waals surface area contributed by atoms with Gasteiger partial charge < -0.3 is 0 Å². The van der Waals surface area contributed by atoms with Gasteiger partial charge in [0.1, 0.15) is 5.92 Å². The summed E-state index contributed by atoms with van der Waals surface area (Å²) in [5.41, 5.74) is 0.787. The number of ketones is 1. The maximum absolute atomic E-state index is 12.1. The maximum Gasteiger partial charge on any atom is 0.154 e. The van der Waals surface area contributed by atoms with Crippen molar-refractivity contribution < 1.29 is 4.79 Å². The van der Waals surface area contributed by atoms with Crippen molar-refractivity contribution in [3.8, 4) is 6.07 Å². The number of benzene rings is 1. The fourth-order valence-electron chi connectivity index (χ4n) is 2.07. The summed E-state index contributed by atoms with van der Waals surface area (Å²) in [4.78, 5) is 12.1. The minimum atomic E-state index is -0.622. The highest BCUT2D eigenvalue weighted by molar-refractivity contribution is 9.10. The molecule has 0 radical (unpaired) electrons. The van der Waals surface area contributed by atoms with Gasteiger partial charge in [-0.05, 0) is 24.1 Å². The average molecular weight is 322 g/mol. The molecule has 0 aliphatic carbocycles. The van der Waals surface area contributed by atoms with Gasteiger partial charge in [-0.3, -0.25) is 4.79 Å². The molecule has 0 aliphatic rings. The predicted molar refractivity (Wildman–Crippen MR) is 80.9 cm³/mol. The fraction of sp³-hybridized carbons (Fsp3) is 0.500. The molecule has 0 heterocycles. The monoisotopic (exact) mass is 321 g/mol. The summed E-state index contributed by atoms with van der Waals surface area (Å²) >= 11 is 3.37. The molecule has 2 nitrogen and oxygen atoms in total.